The summed E-state index contributed by atoms with van der Waals surface area (Å²) in [7, 11) is 1.59. The lowest BCUT2D eigenvalue weighted by atomic mass is 10.1. The molecule has 3 rings (SSSR count). The Balaban J connectivity index is 1.78. The van der Waals surface area contributed by atoms with Gasteiger partial charge in [0.15, 0.2) is 0 Å². The molecule has 5 nitrogen and oxygen atoms in total. The van der Waals surface area contributed by atoms with Crippen LogP contribution < -0.4 is 10.6 Å². The summed E-state index contributed by atoms with van der Waals surface area (Å²) in [6.45, 7) is 1.16. The SMILES string of the molecule is Cc1ccc(-c2cc(NC(=O)C3=CC=C(C(F)(F)F)CN3)n(C)n2)cc1F. The van der Waals surface area contributed by atoms with E-state index in [-0.39, 0.29) is 11.5 Å². The van der Waals surface area contributed by atoms with Gasteiger partial charge in [0.25, 0.3) is 5.91 Å². The van der Waals surface area contributed by atoms with Gasteiger partial charge in [-0.25, -0.2) is 4.39 Å². The van der Waals surface area contributed by atoms with Gasteiger partial charge >= 0.3 is 6.18 Å². The number of dihydropyridines is 1. The molecular formula is C18H16F4N4O. The fourth-order valence-corrected chi connectivity index (χ4v) is 2.50. The van der Waals surface area contributed by atoms with E-state index >= 15 is 0 Å². The lowest BCUT2D eigenvalue weighted by molar-refractivity contribution is -0.113. The minimum absolute atomic E-state index is 0.00660. The fourth-order valence-electron chi connectivity index (χ4n) is 2.50. The highest BCUT2D eigenvalue weighted by molar-refractivity contribution is 6.03. The van der Waals surface area contributed by atoms with Gasteiger partial charge in [-0.1, -0.05) is 18.2 Å². The van der Waals surface area contributed by atoms with Crippen molar-refractivity contribution in [2.45, 2.75) is 13.1 Å². The van der Waals surface area contributed by atoms with E-state index in [1.165, 1.54) is 10.7 Å². The highest BCUT2D eigenvalue weighted by Crippen LogP contribution is 2.27. The number of nitrogens with zero attached hydrogens (tertiary/aromatic N) is 2. The second-order valence-electron chi connectivity index (χ2n) is 6.08. The van der Waals surface area contributed by atoms with E-state index in [1.807, 2.05) is 0 Å². The molecule has 27 heavy (non-hydrogen) atoms. The molecule has 142 valence electrons. The molecule has 2 heterocycles. The molecule has 1 aliphatic rings. The first-order valence-electron chi connectivity index (χ1n) is 7.99. The van der Waals surface area contributed by atoms with E-state index in [9.17, 15) is 22.4 Å². The zero-order valence-electron chi connectivity index (χ0n) is 14.5. The Kier molecular flexibility index (Phi) is 4.77. The summed E-state index contributed by atoms with van der Waals surface area (Å²) >= 11 is 0. The fraction of sp³-hybridized carbons (Fsp3) is 0.222. The van der Waals surface area contributed by atoms with Crippen molar-refractivity contribution >= 4 is 11.7 Å². The predicted molar refractivity (Wildman–Crippen MR) is 92.2 cm³/mol. The van der Waals surface area contributed by atoms with Crippen molar-refractivity contribution in [3.8, 4) is 11.3 Å². The molecule has 1 aliphatic heterocycles. The summed E-state index contributed by atoms with van der Waals surface area (Å²) in [5, 5.41) is 9.25. The van der Waals surface area contributed by atoms with E-state index in [1.54, 1.807) is 32.2 Å². The molecule has 1 aromatic heterocycles. The third-order valence-electron chi connectivity index (χ3n) is 4.12. The van der Waals surface area contributed by atoms with Crippen molar-refractivity contribution in [3.05, 3.63) is 59.1 Å². The van der Waals surface area contributed by atoms with Crippen molar-refractivity contribution in [1.29, 1.82) is 0 Å². The first-order valence-corrected chi connectivity index (χ1v) is 7.99. The number of benzene rings is 1. The number of carbonyl (C=O) groups is 1. The van der Waals surface area contributed by atoms with Crippen molar-refractivity contribution in [2.24, 2.45) is 7.05 Å². The summed E-state index contributed by atoms with van der Waals surface area (Å²) in [4.78, 5) is 12.3. The van der Waals surface area contributed by atoms with Gasteiger partial charge in [-0.2, -0.15) is 18.3 Å². The summed E-state index contributed by atoms with van der Waals surface area (Å²) in [5.74, 6) is -0.644. The van der Waals surface area contributed by atoms with Gasteiger partial charge < -0.3 is 10.6 Å². The highest BCUT2D eigenvalue weighted by Gasteiger charge is 2.34. The molecular weight excluding hydrogens is 364 g/mol. The third kappa shape index (κ3) is 4.02. The summed E-state index contributed by atoms with van der Waals surface area (Å²) in [6, 6.07) is 6.24. The number of allylic oxidation sites excluding steroid dienone is 2. The van der Waals surface area contributed by atoms with Crippen LogP contribution >= 0.6 is 0 Å². The highest BCUT2D eigenvalue weighted by atomic mass is 19.4. The number of hydrogen-bond acceptors (Lipinski definition) is 3. The van der Waals surface area contributed by atoms with Gasteiger partial charge in [0, 0.05) is 25.2 Å². The van der Waals surface area contributed by atoms with Crippen molar-refractivity contribution < 1.29 is 22.4 Å². The number of aryl methyl sites for hydroxylation is 2. The molecule has 0 atom stereocenters. The number of rotatable bonds is 3. The molecule has 0 saturated heterocycles. The zero-order chi connectivity index (χ0) is 19.8. The van der Waals surface area contributed by atoms with Crippen molar-refractivity contribution in [1.82, 2.24) is 15.1 Å². The van der Waals surface area contributed by atoms with E-state index in [0.29, 0.717) is 22.6 Å². The van der Waals surface area contributed by atoms with Gasteiger partial charge in [0.1, 0.15) is 17.3 Å². The lowest BCUT2D eigenvalue weighted by Gasteiger charge is -2.18. The Hall–Kier alpha value is -3.10. The normalized spacial score (nSPS) is 14.3. The number of hydrogen-bond donors (Lipinski definition) is 2. The molecule has 0 fully saturated rings. The molecule has 1 aromatic carbocycles. The average molecular weight is 380 g/mol. The Morgan fingerprint density at radius 2 is 2.00 bits per heavy atom. The first-order chi connectivity index (χ1) is 12.6. The third-order valence-corrected chi connectivity index (χ3v) is 4.12. The van der Waals surface area contributed by atoms with Crippen LogP contribution in [0.3, 0.4) is 0 Å². The second kappa shape index (κ2) is 6.90. The van der Waals surface area contributed by atoms with E-state index in [0.717, 1.165) is 12.2 Å². The Bertz CT molecular complexity index is 957. The van der Waals surface area contributed by atoms with Crippen LogP contribution in [0.5, 0.6) is 0 Å². The van der Waals surface area contributed by atoms with Crippen LogP contribution in [0.4, 0.5) is 23.4 Å². The molecule has 0 bridgehead atoms. The number of amides is 1. The van der Waals surface area contributed by atoms with Crippen LogP contribution in [0.25, 0.3) is 11.3 Å². The van der Waals surface area contributed by atoms with Crippen molar-refractivity contribution in [3.63, 3.8) is 0 Å². The maximum Gasteiger partial charge on any atom is 0.414 e. The minimum Gasteiger partial charge on any atom is -0.376 e. The maximum atomic E-state index is 13.7. The van der Waals surface area contributed by atoms with Gasteiger partial charge in [0.2, 0.25) is 0 Å². The Labute approximate surface area is 152 Å². The predicted octanol–water partition coefficient (Wildman–Crippen LogP) is 3.45. The monoisotopic (exact) mass is 380 g/mol. The lowest BCUT2D eigenvalue weighted by Crippen LogP contribution is -2.33. The van der Waals surface area contributed by atoms with Gasteiger partial charge in [-0.15, -0.1) is 0 Å². The van der Waals surface area contributed by atoms with Crippen LogP contribution in [0.15, 0.2) is 47.7 Å². The van der Waals surface area contributed by atoms with E-state index in [4.69, 9.17) is 0 Å². The summed E-state index contributed by atoms with van der Waals surface area (Å²) < 4.78 is 53.0. The topological polar surface area (TPSA) is 59.0 Å². The quantitative estimate of drug-likeness (QED) is 0.802. The molecule has 2 N–H and O–H groups in total. The molecule has 0 aliphatic carbocycles. The maximum absolute atomic E-state index is 13.7. The van der Waals surface area contributed by atoms with Crippen LogP contribution in [-0.2, 0) is 11.8 Å². The van der Waals surface area contributed by atoms with Crippen LogP contribution in [-0.4, -0.2) is 28.4 Å². The summed E-state index contributed by atoms with van der Waals surface area (Å²) in [6.07, 6.45) is -2.49. The molecule has 0 unspecified atom stereocenters. The van der Waals surface area contributed by atoms with Gasteiger partial charge in [0.05, 0.1) is 11.3 Å². The zero-order valence-corrected chi connectivity index (χ0v) is 14.5. The Morgan fingerprint density at radius 3 is 2.59 bits per heavy atom. The Morgan fingerprint density at radius 1 is 1.26 bits per heavy atom. The average Bonchev–Trinajstić information content (AvgIpc) is 2.97. The number of halogens is 4. The van der Waals surface area contributed by atoms with E-state index in [2.05, 4.69) is 15.7 Å². The van der Waals surface area contributed by atoms with Crippen molar-refractivity contribution in [2.75, 3.05) is 11.9 Å². The largest absolute Gasteiger partial charge is 0.414 e. The number of aromatic nitrogens is 2. The molecule has 0 saturated carbocycles. The molecule has 9 heteroatoms. The standard InChI is InChI=1S/C18H16F4N4O/c1-10-3-4-11(7-13(10)19)15-8-16(26(2)25-15)24-17(27)14-6-5-12(9-23-14)18(20,21)22/h3-8,23H,9H2,1-2H3,(H,24,27). The van der Waals surface area contributed by atoms with Crippen LogP contribution in [0.2, 0.25) is 0 Å². The van der Waals surface area contributed by atoms with Crippen LogP contribution in [0.1, 0.15) is 5.56 Å². The number of nitrogens with one attached hydrogen (secondary N) is 2. The molecule has 2 aromatic rings. The van der Waals surface area contributed by atoms with Crippen LogP contribution in [0, 0.1) is 12.7 Å². The van der Waals surface area contributed by atoms with E-state index < -0.39 is 24.2 Å². The molecule has 0 radical (unpaired) electrons. The minimum atomic E-state index is -4.44. The molecule has 1 amide bonds. The first kappa shape index (κ1) is 18.7. The number of anilines is 1. The smallest absolute Gasteiger partial charge is 0.376 e. The molecule has 0 spiro atoms. The van der Waals surface area contributed by atoms with Gasteiger partial charge in [-0.3, -0.25) is 9.48 Å². The number of carbonyl (C=O) groups excluding carboxylic acids is 1. The van der Waals surface area contributed by atoms with Gasteiger partial charge in [-0.05, 0) is 24.6 Å². The summed E-state index contributed by atoms with van der Waals surface area (Å²) in [5.41, 5.74) is 0.749. The number of alkyl halides is 3. The second-order valence-corrected chi connectivity index (χ2v) is 6.08.